The average molecular weight is 315 g/mol. The first-order valence-corrected chi connectivity index (χ1v) is 9.22. The van der Waals surface area contributed by atoms with Crippen molar-refractivity contribution in [3.63, 3.8) is 0 Å². The first-order chi connectivity index (χ1) is 10.1. The van der Waals surface area contributed by atoms with Crippen molar-refractivity contribution >= 4 is 11.3 Å². The monoisotopic (exact) mass is 314 g/mol. The molecule has 1 rings (SSSR count). The molecule has 1 heterocycles. The van der Waals surface area contributed by atoms with E-state index < -0.39 is 0 Å². The van der Waals surface area contributed by atoms with Crippen LogP contribution in [0.5, 0.6) is 5.75 Å². The highest BCUT2D eigenvalue weighted by atomic mass is 32.1. The van der Waals surface area contributed by atoms with Gasteiger partial charge in [-0.15, -0.1) is 11.3 Å². The van der Waals surface area contributed by atoms with Gasteiger partial charge in [0.25, 0.3) is 0 Å². The van der Waals surface area contributed by atoms with E-state index in [4.69, 9.17) is 4.74 Å². The van der Waals surface area contributed by atoms with Gasteiger partial charge in [0.1, 0.15) is 0 Å². The largest absolute Gasteiger partial charge is 0.493 e. The van der Waals surface area contributed by atoms with Gasteiger partial charge < -0.3 is 4.74 Å². The molecule has 0 bridgehead atoms. The normalized spacial score (nSPS) is 14.1. The van der Waals surface area contributed by atoms with Crippen molar-refractivity contribution in [2.45, 2.75) is 84.0 Å². The summed E-state index contributed by atoms with van der Waals surface area (Å²) in [5.41, 5.74) is 0.102. The highest BCUT2D eigenvalue weighted by Gasteiger charge is 2.29. The molecule has 3 heteroatoms. The van der Waals surface area contributed by atoms with Gasteiger partial charge in [-0.05, 0) is 18.9 Å². The van der Waals surface area contributed by atoms with Crippen molar-refractivity contribution in [3.05, 3.63) is 16.1 Å². The number of unbranched alkanes of at least 4 members (excludes halogenated alkanes) is 5. The molecule has 0 aliphatic carbocycles. The summed E-state index contributed by atoms with van der Waals surface area (Å²) in [5.74, 6) is 0.408. The first kappa shape index (κ1) is 18.5. The lowest BCUT2D eigenvalue weighted by Crippen LogP contribution is -2.20. The molecule has 0 aliphatic rings. The molecule has 1 aromatic rings. The molecule has 0 aliphatic heterocycles. The van der Waals surface area contributed by atoms with Crippen LogP contribution in [-0.4, -0.2) is 7.11 Å². The smallest absolute Gasteiger partial charge is 0.218 e. The fourth-order valence-corrected chi connectivity index (χ4v) is 3.92. The number of methoxy groups -OCH3 is 1. The minimum atomic E-state index is -0.178. The van der Waals surface area contributed by atoms with Gasteiger partial charge >= 0.3 is 0 Å². The zero-order valence-electron chi connectivity index (χ0n) is 14.1. The van der Waals surface area contributed by atoms with Crippen LogP contribution >= 0.6 is 11.3 Å². The van der Waals surface area contributed by atoms with Crippen molar-refractivity contribution in [2.75, 3.05) is 7.11 Å². The maximum atomic E-state index is 13.9. The van der Waals surface area contributed by atoms with Crippen LogP contribution in [0.1, 0.15) is 83.4 Å². The summed E-state index contributed by atoms with van der Waals surface area (Å²) in [5, 5.41) is -0.178. The van der Waals surface area contributed by atoms with Gasteiger partial charge in [0.05, 0.1) is 7.11 Å². The third-order valence-electron chi connectivity index (χ3n) is 4.38. The molecule has 21 heavy (non-hydrogen) atoms. The number of thiophene rings is 1. The van der Waals surface area contributed by atoms with Gasteiger partial charge in [-0.3, -0.25) is 0 Å². The number of hydrogen-bond donors (Lipinski definition) is 0. The van der Waals surface area contributed by atoms with Gasteiger partial charge in [-0.2, -0.15) is 4.39 Å². The Hall–Kier alpha value is -0.570. The van der Waals surface area contributed by atoms with E-state index in [1.807, 2.05) is 6.07 Å². The zero-order chi connectivity index (χ0) is 15.7. The Balaban J connectivity index is 2.77. The van der Waals surface area contributed by atoms with E-state index in [0.29, 0.717) is 5.75 Å². The van der Waals surface area contributed by atoms with E-state index in [9.17, 15) is 4.39 Å². The fraction of sp³-hybridized carbons (Fsp3) is 0.778. The van der Waals surface area contributed by atoms with E-state index in [-0.39, 0.29) is 10.5 Å². The van der Waals surface area contributed by atoms with Crippen LogP contribution < -0.4 is 4.74 Å². The Morgan fingerprint density at radius 1 is 1.05 bits per heavy atom. The van der Waals surface area contributed by atoms with Gasteiger partial charge in [-0.25, -0.2) is 0 Å². The average Bonchev–Trinajstić information content (AvgIpc) is 2.86. The minimum Gasteiger partial charge on any atom is -0.493 e. The van der Waals surface area contributed by atoms with Crippen LogP contribution in [0.15, 0.2) is 6.07 Å². The van der Waals surface area contributed by atoms with E-state index in [1.54, 1.807) is 7.11 Å². The molecule has 1 unspecified atom stereocenters. The molecule has 1 atom stereocenters. The van der Waals surface area contributed by atoms with Crippen molar-refractivity contribution in [1.29, 1.82) is 0 Å². The summed E-state index contributed by atoms with van der Waals surface area (Å²) in [6.45, 7) is 6.77. The van der Waals surface area contributed by atoms with Crippen molar-refractivity contribution in [2.24, 2.45) is 0 Å². The summed E-state index contributed by atoms with van der Waals surface area (Å²) in [7, 11) is 1.55. The molecule has 0 aromatic carbocycles. The Labute approximate surface area is 133 Å². The molecule has 0 amide bonds. The van der Waals surface area contributed by atoms with Crippen LogP contribution in [0.2, 0.25) is 0 Å². The molecule has 0 fully saturated rings. The predicted molar refractivity (Wildman–Crippen MR) is 91.1 cm³/mol. The molecule has 122 valence electrons. The van der Waals surface area contributed by atoms with Crippen LogP contribution in [0.25, 0.3) is 0 Å². The Kier molecular flexibility index (Phi) is 8.31. The highest BCUT2D eigenvalue weighted by Crippen LogP contribution is 2.42. The molecule has 1 aromatic heterocycles. The molecular formula is C18H31FOS. The fourth-order valence-electron chi connectivity index (χ4n) is 2.87. The molecule has 1 nitrogen and oxygen atoms in total. The van der Waals surface area contributed by atoms with E-state index in [1.165, 1.54) is 56.3 Å². The topological polar surface area (TPSA) is 9.23 Å². The lowest BCUT2D eigenvalue weighted by Gasteiger charge is -2.29. The van der Waals surface area contributed by atoms with Crippen molar-refractivity contribution in [3.8, 4) is 5.75 Å². The number of rotatable bonds is 11. The molecule has 0 N–H and O–H groups in total. The second-order valence-electron chi connectivity index (χ2n) is 6.28. The summed E-state index contributed by atoms with van der Waals surface area (Å²) < 4.78 is 19.0. The third kappa shape index (κ3) is 5.61. The minimum absolute atomic E-state index is 0.102. The Morgan fingerprint density at radius 2 is 1.62 bits per heavy atom. The molecule has 0 spiro atoms. The molecular weight excluding hydrogens is 283 g/mol. The number of halogens is 1. The van der Waals surface area contributed by atoms with Crippen LogP contribution in [0.4, 0.5) is 4.39 Å². The van der Waals surface area contributed by atoms with E-state index in [0.717, 1.165) is 17.7 Å². The summed E-state index contributed by atoms with van der Waals surface area (Å²) in [6.07, 6.45) is 11.1. The van der Waals surface area contributed by atoms with Crippen molar-refractivity contribution < 1.29 is 9.13 Å². The quantitative estimate of drug-likeness (QED) is 0.413. The standard InChI is InChI=1S/C18H31FOS/c1-5-7-9-11-13-18(3,12-10-8-6-2)16-14-15(20-4)17(19)21-16/h14H,5-13H2,1-4H3. The van der Waals surface area contributed by atoms with Crippen LogP contribution in [0.3, 0.4) is 0 Å². The Morgan fingerprint density at radius 3 is 2.14 bits per heavy atom. The SMILES string of the molecule is CCCCCCC(C)(CCCCC)c1cc(OC)c(F)s1. The van der Waals surface area contributed by atoms with Crippen molar-refractivity contribution in [1.82, 2.24) is 0 Å². The molecule has 0 radical (unpaired) electrons. The lowest BCUT2D eigenvalue weighted by atomic mass is 9.78. The van der Waals surface area contributed by atoms with Gasteiger partial charge in [0, 0.05) is 10.3 Å². The Bertz CT molecular complexity index is 402. The number of ether oxygens (including phenoxy) is 1. The van der Waals surface area contributed by atoms with E-state index >= 15 is 0 Å². The lowest BCUT2D eigenvalue weighted by molar-refractivity contribution is 0.368. The first-order valence-electron chi connectivity index (χ1n) is 8.41. The predicted octanol–water partition coefficient (Wildman–Crippen LogP) is 6.70. The highest BCUT2D eigenvalue weighted by molar-refractivity contribution is 7.10. The second-order valence-corrected chi connectivity index (χ2v) is 7.28. The molecule has 0 saturated heterocycles. The zero-order valence-corrected chi connectivity index (χ0v) is 15.0. The summed E-state index contributed by atoms with van der Waals surface area (Å²) in [4.78, 5) is 1.16. The van der Waals surface area contributed by atoms with Crippen LogP contribution in [-0.2, 0) is 5.41 Å². The van der Waals surface area contributed by atoms with Gasteiger partial charge in [0.2, 0.25) is 5.13 Å². The van der Waals surface area contributed by atoms with Crippen LogP contribution in [0, 0.1) is 5.13 Å². The van der Waals surface area contributed by atoms with Gasteiger partial charge in [0.15, 0.2) is 5.75 Å². The number of hydrogen-bond acceptors (Lipinski definition) is 2. The molecule has 0 saturated carbocycles. The third-order valence-corrected chi connectivity index (χ3v) is 5.60. The maximum Gasteiger partial charge on any atom is 0.218 e. The maximum absolute atomic E-state index is 13.9. The summed E-state index contributed by atoms with van der Waals surface area (Å²) >= 11 is 1.28. The van der Waals surface area contributed by atoms with E-state index in [2.05, 4.69) is 20.8 Å². The summed E-state index contributed by atoms with van der Waals surface area (Å²) in [6, 6.07) is 1.92. The van der Waals surface area contributed by atoms with Gasteiger partial charge in [-0.1, -0.05) is 65.7 Å². The second kappa shape index (κ2) is 9.45.